The first kappa shape index (κ1) is 13.9. The lowest BCUT2D eigenvalue weighted by Crippen LogP contribution is -2.53. The van der Waals surface area contributed by atoms with Gasteiger partial charge in [-0.3, -0.25) is 0 Å². The van der Waals surface area contributed by atoms with Crippen molar-refractivity contribution >= 4 is 0 Å². The zero-order valence-corrected chi connectivity index (χ0v) is 10.8. The molecule has 0 aromatic heterocycles. The molecule has 0 saturated carbocycles. The summed E-state index contributed by atoms with van der Waals surface area (Å²) < 4.78 is 11.1. The van der Waals surface area contributed by atoms with Crippen molar-refractivity contribution in [2.75, 3.05) is 20.8 Å². The Bertz CT molecular complexity index is 164. The molecule has 86 valence electrons. The van der Waals surface area contributed by atoms with Gasteiger partial charge in [-0.25, -0.2) is 0 Å². The van der Waals surface area contributed by atoms with E-state index in [1.165, 1.54) is 0 Å². The molecule has 0 spiro atoms. The van der Waals surface area contributed by atoms with Crippen LogP contribution in [0.25, 0.3) is 0 Å². The van der Waals surface area contributed by atoms with Gasteiger partial charge in [-0.05, 0) is 17.8 Å². The molecule has 0 radical (unpaired) electrons. The molecular weight excluding hydrogens is 176 g/mol. The summed E-state index contributed by atoms with van der Waals surface area (Å²) in [4.78, 5) is 0. The van der Waals surface area contributed by atoms with Gasteiger partial charge in [-0.15, -0.1) is 0 Å². The fraction of sp³-hybridized carbons (Fsp3) is 1.00. The molecule has 0 aliphatic rings. The second-order valence-electron chi connectivity index (χ2n) is 4.92. The second-order valence-corrected chi connectivity index (χ2v) is 4.92. The Morgan fingerprint density at radius 3 is 1.86 bits per heavy atom. The van der Waals surface area contributed by atoms with Crippen molar-refractivity contribution < 1.29 is 9.47 Å². The average Bonchev–Trinajstić information content (AvgIpc) is 2.13. The van der Waals surface area contributed by atoms with Crippen LogP contribution in [0.15, 0.2) is 0 Å². The van der Waals surface area contributed by atoms with Gasteiger partial charge in [0.05, 0.1) is 12.2 Å². The topological polar surface area (TPSA) is 18.5 Å². The van der Waals surface area contributed by atoms with Crippen molar-refractivity contribution in [3.63, 3.8) is 0 Å². The maximum absolute atomic E-state index is 5.77. The lowest BCUT2D eigenvalue weighted by atomic mass is 9.67. The maximum Gasteiger partial charge on any atom is 0.0983 e. The van der Waals surface area contributed by atoms with Crippen molar-refractivity contribution in [1.82, 2.24) is 0 Å². The minimum atomic E-state index is -0.184. The summed E-state index contributed by atoms with van der Waals surface area (Å²) in [6, 6.07) is 0. The smallest absolute Gasteiger partial charge is 0.0983 e. The monoisotopic (exact) mass is 202 g/mol. The molecule has 0 rings (SSSR count). The molecule has 2 nitrogen and oxygen atoms in total. The summed E-state index contributed by atoms with van der Waals surface area (Å²) in [5, 5.41) is 0. The van der Waals surface area contributed by atoms with Crippen molar-refractivity contribution in [3.05, 3.63) is 0 Å². The van der Waals surface area contributed by atoms with E-state index in [2.05, 4.69) is 34.6 Å². The molecule has 0 aromatic carbocycles. The van der Waals surface area contributed by atoms with E-state index >= 15 is 0 Å². The Hall–Kier alpha value is -0.0800. The van der Waals surface area contributed by atoms with Crippen LogP contribution in [-0.2, 0) is 9.47 Å². The van der Waals surface area contributed by atoms with Crippen LogP contribution in [0.2, 0.25) is 0 Å². The highest BCUT2D eigenvalue weighted by atomic mass is 16.5. The highest BCUT2D eigenvalue weighted by molar-refractivity contribution is 4.96. The fourth-order valence-electron chi connectivity index (χ4n) is 2.23. The van der Waals surface area contributed by atoms with E-state index in [-0.39, 0.29) is 11.0 Å². The third-order valence-corrected chi connectivity index (χ3v) is 3.69. The normalized spacial score (nSPS) is 17.1. The molecule has 0 heterocycles. The quantitative estimate of drug-likeness (QED) is 0.659. The van der Waals surface area contributed by atoms with Crippen molar-refractivity contribution in [2.24, 2.45) is 11.3 Å². The standard InChI is InChI=1S/C12H26O2/c1-8-11(4,5)12(14-7,9-13-6)10(2)3/h10H,8-9H2,1-7H3/t12-/m0/s1. The van der Waals surface area contributed by atoms with Crippen LogP contribution >= 0.6 is 0 Å². The van der Waals surface area contributed by atoms with E-state index in [0.717, 1.165) is 6.42 Å². The minimum Gasteiger partial charge on any atom is -0.382 e. The SMILES string of the molecule is CCC(C)(C)[C@@](COC)(OC)C(C)C. The van der Waals surface area contributed by atoms with E-state index in [1.807, 2.05) is 0 Å². The number of hydrogen-bond donors (Lipinski definition) is 0. The first-order valence-electron chi connectivity index (χ1n) is 5.42. The van der Waals surface area contributed by atoms with Crippen molar-refractivity contribution in [1.29, 1.82) is 0 Å². The van der Waals surface area contributed by atoms with Crippen molar-refractivity contribution in [2.45, 2.75) is 46.6 Å². The Labute approximate surface area is 89.0 Å². The molecule has 0 unspecified atom stereocenters. The molecule has 0 aliphatic carbocycles. The molecule has 14 heavy (non-hydrogen) atoms. The summed E-state index contributed by atoms with van der Waals surface area (Å²) >= 11 is 0. The second kappa shape index (κ2) is 5.13. The van der Waals surface area contributed by atoms with Crippen LogP contribution in [0.4, 0.5) is 0 Å². The highest BCUT2D eigenvalue weighted by Crippen LogP contribution is 2.42. The Balaban J connectivity index is 5.02. The maximum atomic E-state index is 5.77. The van der Waals surface area contributed by atoms with Gasteiger partial charge >= 0.3 is 0 Å². The van der Waals surface area contributed by atoms with Gasteiger partial charge in [0.15, 0.2) is 0 Å². The zero-order chi connectivity index (χ0) is 11.4. The van der Waals surface area contributed by atoms with Gasteiger partial charge in [0.2, 0.25) is 0 Å². The van der Waals surface area contributed by atoms with Crippen LogP contribution in [-0.4, -0.2) is 26.4 Å². The van der Waals surface area contributed by atoms with Crippen LogP contribution in [0.1, 0.15) is 41.0 Å². The Morgan fingerprint density at radius 2 is 1.64 bits per heavy atom. The summed E-state index contributed by atoms with van der Waals surface area (Å²) in [7, 11) is 3.53. The van der Waals surface area contributed by atoms with Gasteiger partial charge in [-0.2, -0.15) is 0 Å². The average molecular weight is 202 g/mol. The van der Waals surface area contributed by atoms with Gasteiger partial charge < -0.3 is 9.47 Å². The molecular formula is C12H26O2. The Kier molecular flexibility index (Phi) is 5.10. The molecule has 0 aromatic rings. The molecule has 0 N–H and O–H groups in total. The summed E-state index contributed by atoms with van der Waals surface area (Å²) in [5.74, 6) is 0.447. The lowest BCUT2D eigenvalue weighted by molar-refractivity contribution is -0.165. The van der Waals surface area contributed by atoms with Crippen LogP contribution in [0.5, 0.6) is 0 Å². The van der Waals surface area contributed by atoms with E-state index < -0.39 is 0 Å². The van der Waals surface area contributed by atoms with Crippen LogP contribution in [0, 0.1) is 11.3 Å². The molecule has 0 amide bonds. The summed E-state index contributed by atoms with van der Waals surface area (Å²) in [6.45, 7) is 11.7. The largest absolute Gasteiger partial charge is 0.382 e. The van der Waals surface area contributed by atoms with Gasteiger partial charge in [0, 0.05) is 14.2 Å². The third kappa shape index (κ3) is 2.29. The van der Waals surface area contributed by atoms with Gasteiger partial charge in [-0.1, -0.05) is 34.6 Å². The van der Waals surface area contributed by atoms with E-state index in [9.17, 15) is 0 Å². The van der Waals surface area contributed by atoms with E-state index in [1.54, 1.807) is 14.2 Å². The Morgan fingerprint density at radius 1 is 1.14 bits per heavy atom. The lowest BCUT2D eigenvalue weighted by Gasteiger charge is -2.48. The first-order valence-corrected chi connectivity index (χ1v) is 5.42. The third-order valence-electron chi connectivity index (χ3n) is 3.69. The molecule has 0 saturated heterocycles. The fourth-order valence-corrected chi connectivity index (χ4v) is 2.23. The summed E-state index contributed by atoms with van der Waals surface area (Å²) in [6.07, 6.45) is 1.09. The van der Waals surface area contributed by atoms with Crippen LogP contribution < -0.4 is 0 Å². The predicted octanol–water partition coefficient (Wildman–Crippen LogP) is 3.11. The molecule has 0 fully saturated rings. The highest BCUT2D eigenvalue weighted by Gasteiger charge is 2.46. The number of methoxy groups -OCH3 is 2. The van der Waals surface area contributed by atoms with Gasteiger partial charge in [0.1, 0.15) is 0 Å². The molecule has 2 heteroatoms. The first-order chi connectivity index (χ1) is 6.38. The van der Waals surface area contributed by atoms with Gasteiger partial charge in [0.25, 0.3) is 0 Å². The number of rotatable bonds is 6. The van der Waals surface area contributed by atoms with E-state index in [4.69, 9.17) is 9.47 Å². The zero-order valence-electron chi connectivity index (χ0n) is 10.8. The minimum absolute atomic E-state index is 0.131. The van der Waals surface area contributed by atoms with E-state index in [0.29, 0.717) is 12.5 Å². The number of hydrogen-bond acceptors (Lipinski definition) is 2. The molecule has 0 aliphatic heterocycles. The number of ether oxygens (including phenoxy) is 2. The van der Waals surface area contributed by atoms with Crippen molar-refractivity contribution in [3.8, 4) is 0 Å². The molecule has 1 atom stereocenters. The summed E-state index contributed by atoms with van der Waals surface area (Å²) in [5.41, 5.74) is -0.0531. The predicted molar refractivity (Wildman–Crippen MR) is 60.5 cm³/mol. The molecule has 0 bridgehead atoms. The van der Waals surface area contributed by atoms with Crippen LogP contribution in [0.3, 0.4) is 0 Å².